The number of esters is 1. The topological polar surface area (TPSA) is 262 Å². The lowest BCUT2D eigenvalue weighted by molar-refractivity contribution is -0.169. The fourth-order valence-corrected chi connectivity index (χ4v) is 5.79. The first-order chi connectivity index (χ1) is 22.0. The Hall–Kier alpha value is -3.43. The molecule has 0 amide bonds. The van der Waals surface area contributed by atoms with Crippen molar-refractivity contribution in [1.29, 1.82) is 0 Å². The number of rotatable bonds is 16. The third kappa shape index (κ3) is 7.36. The van der Waals surface area contributed by atoms with Crippen LogP contribution in [-0.4, -0.2) is 100 Å². The standard InChI is InChI=1S/C25H37FN3O17P/c1-6-38-21(33)41-12-43-47(37,44-13-42-22(34)39-7-2)46-18-24(10-26)25(18,36)23(5,35)19(45-24)28-9-8-15(30)29(20(28)32)11-40-17(31)16(27)14(3)4/h8-9,14,16,18-19,35-36H,6-7,10-13,27H2,1-5H3/t16?,18?,19-,23+,24-,25+/m1/s1. The molecule has 266 valence electrons. The lowest BCUT2D eigenvalue weighted by Gasteiger charge is -2.33. The van der Waals surface area contributed by atoms with E-state index >= 15 is 0 Å². The summed E-state index contributed by atoms with van der Waals surface area (Å²) in [5.41, 5.74) is -4.34. The van der Waals surface area contributed by atoms with E-state index in [1.807, 2.05) is 0 Å². The zero-order valence-corrected chi connectivity index (χ0v) is 26.9. The molecule has 2 unspecified atom stereocenters. The minimum atomic E-state index is -5.08. The summed E-state index contributed by atoms with van der Waals surface area (Å²) < 4.78 is 73.0. The van der Waals surface area contributed by atoms with Gasteiger partial charge in [0.1, 0.15) is 24.4 Å². The summed E-state index contributed by atoms with van der Waals surface area (Å²) in [7, 11) is -5.08. The maximum Gasteiger partial charge on any atom is 0.510 e. The largest absolute Gasteiger partial charge is 0.510 e. The van der Waals surface area contributed by atoms with Crippen molar-refractivity contribution in [2.75, 3.05) is 33.5 Å². The number of phosphoric ester groups is 1. The number of nitrogens with two attached hydrogens (primary N) is 1. The van der Waals surface area contributed by atoms with Gasteiger partial charge in [0.15, 0.2) is 24.2 Å². The molecule has 1 aliphatic carbocycles. The summed E-state index contributed by atoms with van der Waals surface area (Å²) in [6.07, 6.45) is -5.56. The molecule has 0 bridgehead atoms. The highest BCUT2D eigenvalue weighted by atomic mass is 31.2. The Balaban J connectivity index is 1.86. The molecule has 20 nitrogen and oxygen atoms in total. The van der Waals surface area contributed by atoms with Crippen LogP contribution in [-0.2, 0) is 58.1 Å². The molecule has 6 atom stereocenters. The quantitative estimate of drug-likeness (QED) is 0.0887. The molecule has 3 rings (SSSR count). The van der Waals surface area contributed by atoms with E-state index in [1.165, 1.54) is 13.8 Å². The number of aliphatic hydroxyl groups is 2. The smallest absolute Gasteiger partial charge is 0.442 e. The second kappa shape index (κ2) is 14.8. The molecule has 2 fully saturated rings. The molecular formula is C25H37FN3O17P. The molecule has 1 aromatic heterocycles. The van der Waals surface area contributed by atoms with Crippen LogP contribution >= 0.6 is 7.82 Å². The first-order valence-corrected chi connectivity index (χ1v) is 15.5. The van der Waals surface area contributed by atoms with E-state index in [-0.39, 0.29) is 19.1 Å². The number of hydrogen-bond acceptors (Lipinski definition) is 18. The van der Waals surface area contributed by atoms with E-state index in [2.05, 4.69) is 18.9 Å². The Labute approximate surface area is 265 Å². The molecule has 22 heteroatoms. The summed E-state index contributed by atoms with van der Waals surface area (Å²) in [6, 6.07) is -0.208. The average Bonchev–Trinajstić information content (AvgIpc) is 3.44. The SMILES string of the molecule is CCOC(=O)OCOP(=O)(OCOC(=O)OCC)OC1[C@]2(O)[C@@](C)(O)[C@H](n3ccc(=O)n(COC(=O)C(N)C(C)C)c3=O)O[C@]12CF. The molecule has 1 aliphatic heterocycles. The molecule has 47 heavy (non-hydrogen) atoms. The van der Waals surface area contributed by atoms with E-state index < -0.39 is 99.5 Å². The maximum absolute atomic E-state index is 14.7. The number of alkyl halides is 1. The molecule has 2 aliphatic rings. The highest BCUT2D eigenvalue weighted by Gasteiger charge is 2.93. The Kier molecular flexibility index (Phi) is 11.9. The summed E-state index contributed by atoms with van der Waals surface area (Å²) >= 11 is 0. The Morgan fingerprint density at radius 3 is 2.06 bits per heavy atom. The van der Waals surface area contributed by atoms with Crippen molar-refractivity contribution in [3.63, 3.8) is 0 Å². The highest BCUT2D eigenvalue weighted by Crippen LogP contribution is 2.72. The number of ether oxygens (including phenoxy) is 6. The third-order valence-electron chi connectivity index (χ3n) is 7.35. The summed E-state index contributed by atoms with van der Waals surface area (Å²) in [5, 5.41) is 23.0. The van der Waals surface area contributed by atoms with E-state index in [1.54, 1.807) is 13.8 Å². The predicted octanol–water partition coefficient (Wildman–Crippen LogP) is 0.0145. The van der Waals surface area contributed by atoms with Gasteiger partial charge in [-0.05, 0) is 26.7 Å². The monoisotopic (exact) mass is 701 g/mol. The lowest BCUT2D eigenvalue weighted by atomic mass is 9.94. The van der Waals surface area contributed by atoms with Crippen molar-refractivity contribution >= 4 is 26.1 Å². The van der Waals surface area contributed by atoms with Crippen molar-refractivity contribution in [1.82, 2.24) is 9.13 Å². The molecule has 0 radical (unpaired) electrons. The fraction of sp³-hybridized carbons (Fsp3) is 0.720. The third-order valence-corrected chi connectivity index (χ3v) is 8.66. The van der Waals surface area contributed by atoms with Gasteiger partial charge in [0.25, 0.3) is 5.56 Å². The minimum Gasteiger partial charge on any atom is -0.442 e. The number of carbonyl (C=O) groups is 3. The van der Waals surface area contributed by atoms with Gasteiger partial charge < -0.3 is 44.4 Å². The van der Waals surface area contributed by atoms with Crippen molar-refractivity contribution in [2.24, 2.45) is 11.7 Å². The van der Waals surface area contributed by atoms with Gasteiger partial charge in [-0.25, -0.2) is 37.0 Å². The zero-order chi connectivity index (χ0) is 35.4. The van der Waals surface area contributed by atoms with Gasteiger partial charge in [-0.3, -0.25) is 18.7 Å². The molecule has 0 aromatic carbocycles. The first kappa shape index (κ1) is 38.0. The van der Waals surface area contributed by atoms with Crippen LogP contribution in [0.5, 0.6) is 0 Å². The highest BCUT2D eigenvalue weighted by molar-refractivity contribution is 7.48. The Morgan fingerprint density at radius 2 is 1.60 bits per heavy atom. The van der Waals surface area contributed by atoms with Gasteiger partial charge in [0, 0.05) is 12.3 Å². The lowest BCUT2D eigenvalue weighted by Crippen LogP contribution is -2.52. The number of hydrogen-bond donors (Lipinski definition) is 3. The van der Waals surface area contributed by atoms with Gasteiger partial charge in [0.05, 0.1) is 13.2 Å². The van der Waals surface area contributed by atoms with Crippen molar-refractivity contribution in [3.8, 4) is 0 Å². The van der Waals surface area contributed by atoms with E-state index in [4.69, 9.17) is 28.8 Å². The molecule has 1 aromatic rings. The number of carbonyl (C=O) groups excluding carboxylic acids is 3. The van der Waals surface area contributed by atoms with Crippen LogP contribution in [0.1, 0.15) is 40.8 Å². The molecular weight excluding hydrogens is 664 g/mol. The number of aromatic nitrogens is 2. The number of phosphoric acid groups is 1. The number of fused-ring (bicyclic) bond motifs is 1. The van der Waals surface area contributed by atoms with E-state index in [9.17, 15) is 43.1 Å². The van der Waals surface area contributed by atoms with Crippen LogP contribution < -0.4 is 17.0 Å². The summed E-state index contributed by atoms with van der Waals surface area (Å²) in [6.45, 7) is 2.23. The normalized spacial score (nSPS) is 27.1. The van der Waals surface area contributed by atoms with E-state index in [0.717, 1.165) is 19.2 Å². The van der Waals surface area contributed by atoms with Crippen molar-refractivity contribution in [2.45, 2.75) is 76.5 Å². The van der Waals surface area contributed by atoms with Gasteiger partial charge >= 0.3 is 31.8 Å². The summed E-state index contributed by atoms with van der Waals surface area (Å²) in [4.78, 5) is 60.9. The second-order valence-corrected chi connectivity index (χ2v) is 12.2. The number of nitrogens with zero attached hydrogens (tertiary/aromatic N) is 2. The number of halogens is 1. The van der Waals surface area contributed by atoms with Crippen molar-refractivity contribution < 1.29 is 75.5 Å². The molecule has 0 spiro atoms. The van der Waals surface area contributed by atoms with Gasteiger partial charge in [-0.15, -0.1) is 0 Å². The van der Waals surface area contributed by atoms with Crippen molar-refractivity contribution in [3.05, 3.63) is 33.1 Å². The molecule has 4 N–H and O–H groups in total. The van der Waals surface area contributed by atoms with Gasteiger partial charge in [0.2, 0.25) is 13.6 Å². The predicted molar refractivity (Wildman–Crippen MR) is 149 cm³/mol. The van der Waals surface area contributed by atoms with Gasteiger partial charge in [-0.1, -0.05) is 13.8 Å². The first-order valence-electron chi connectivity index (χ1n) is 14.1. The zero-order valence-electron chi connectivity index (χ0n) is 26.0. The maximum atomic E-state index is 14.7. The molecule has 2 heterocycles. The minimum absolute atomic E-state index is 0.0866. The molecule has 1 saturated carbocycles. The molecule has 1 saturated heterocycles. The Bertz CT molecular complexity index is 1450. The van der Waals surface area contributed by atoms with E-state index in [0.29, 0.717) is 9.13 Å². The second-order valence-electron chi connectivity index (χ2n) is 10.6. The van der Waals surface area contributed by atoms with Crippen LogP contribution in [0.4, 0.5) is 14.0 Å². The average molecular weight is 702 g/mol. The van der Waals surface area contributed by atoms with Crippen LogP contribution in [0.3, 0.4) is 0 Å². The summed E-state index contributed by atoms with van der Waals surface area (Å²) in [5.74, 6) is -1.23. The van der Waals surface area contributed by atoms with Crippen LogP contribution in [0.2, 0.25) is 0 Å². The van der Waals surface area contributed by atoms with Crippen LogP contribution in [0.25, 0.3) is 0 Å². The fourth-order valence-electron chi connectivity index (χ4n) is 4.65. The Morgan fingerprint density at radius 1 is 1.04 bits per heavy atom. The van der Waals surface area contributed by atoms with Crippen LogP contribution in [0.15, 0.2) is 21.9 Å². The van der Waals surface area contributed by atoms with Gasteiger partial charge in [-0.2, -0.15) is 0 Å². The van der Waals surface area contributed by atoms with Crippen LogP contribution in [0, 0.1) is 5.92 Å².